The number of hydrogen-bond acceptors (Lipinski definition) is 2. The molecule has 3 N–H and O–H groups in total. The highest BCUT2D eigenvalue weighted by atomic mass is 16.2. The summed E-state index contributed by atoms with van der Waals surface area (Å²) in [5, 5.41) is 3.16. The van der Waals surface area contributed by atoms with Gasteiger partial charge in [-0.2, -0.15) is 0 Å². The van der Waals surface area contributed by atoms with Crippen LogP contribution < -0.4 is 11.1 Å². The molecule has 0 aliphatic heterocycles. The fourth-order valence-corrected chi connectivity index (χ4v) is 2.63. The zero-order valence-corrected chi connectivity index (χ0v) is 10.3. The quantitative estimate of drug-likeness (QED) is 0.720. The fraction of sp³-hybridized carbons (Fsp3) is 0.923. The molecular weight excluding hydrogens is 200 g/mol. The van der Waals surface area contributed by atoms with E-state index in [1.165, 1.54) is 25.7 Å². The van der Waals surface area contributed by atoms with Crippen LogP contribution in [0.5, 0.6) is 0 Å². The van der Waals surface area contributed by atoms with Crippen molar-refractivity contribution in [3.63, 3.8) is 0 Å². The van der Waals surface area contributed by atoms with E-state index >= 15 is 0 Å². The maximum atomic E-state index is 12.1. The van der Waals surface area contributed by atoms with E-state index in [4.69, 9.17) is 5.73 Å². The van der Waals surface area contributed by atoms with E-state index in [2.05, 4.69) is 5.32 Å². The summed E-state index contributed by atoms with van der Waals surface area (Å²) >= 11 is 0. The number of rotatable bonds is 3. The summed E-state index contributed by atoms with van der Waals surface area (Å²) in [6, 6.07) is 0.372. The summed E-state index contributed by atoms with van der Waals surface area (Å²) in [5.41, 5.74) is 5.48. The lowest BCUT2D eigenvalue weighted by Gasteiger charge is -2.26. The molecular formula is C13H24N2O. The van der Waals surface area contributed by atoms with Crippen molar-refractivity contribution in [3.8, 4) is 0 Å². The second kappa shape index (κ2) is 4.74. The minimum atomic E-state index is -0.633. The molecule has 0 saturated heterocycles. The van der Waals surface area contributed by atoms with E-state index in [9.17, 15) is 4.79 Å². The van der Waals surface area contributed by atoms with Gasteiger partial charge in [0.05, 0.1) is 5.54 Å². The van der Waals surface area contributed by atoms with Crippen LogP contribution in [-0.4, -0.2) is 17.5 Å². The normalized spacial score (nSPS) is 26.9. The van der Waals surface area contributed by atoms with Crippen LogP contribution in [0.2, 0.25) is 0 Å². The zero-order valence-electron chi connectivity index (χ0n) is 10.3. The average Bonchev–Trinajstić information content (AvgIpc) is 3.05. The first-order valence-corrected chi connectivity index (χ1v) is 6.70. The maximum Gasteiger partial charge on any atom is 0.240 e. The van der Waals surface area contributed by atoms with Crippen LogP contribution in [0.25, 0.3) is 0 Å². The SMILES string of the molecule is CC(N)(C(=O)NC1CCCCCC1)C1CC1. The highest BCUT2D eigenvalue weighted by molar-refractivity contribution is 5.86. The molecule has 16 heavy (non-hydrogen) atoms. The molecule has 0 aromatic rings. The largest absolute Gasteiger partial charge is 0.352 e. The molecule has 0 spiro atoms. The molecule has 2 fully saturated rings. The molecule has 2 rings (SSSR count). The van der Waals surface area contributed by atoms with Crippen LogP contribution in [-0.2, 0) is 4.79 Å². The average molecular weight is 224 g/mol. The van der Waals surface area contributed by atoms with E-state index in [-0.39, 0.29) is 5.91 Å². The van der Waals surface area contributed by atoms with Crippen molar-refractivity contribution in [1.82, 2.24) is 5.32 Å². The molecule has 1 atom stereocenters. The Bertz CT molecular complexity index is 251. The molecule has 1 unspecified atom stereocenters. The van der Waals surface area contributed by atoms with E-state index in [0.29, 0.717) is 12.0 Å². The molecule has 0 radical (unpaired) electrons. The van der Waals surface area contributed by atoms with Gasteiger partial charge in [-0.25, -0.2) is 0 Å². The summed E-state index contributed by atoms with van der Waals surface area (Å²) in [6.45, 7) is 1.89. The van der Waals surface area contributed by atoms with Gasteiger partial charge in [0.25, 0.3) is 0 Å². The first-order valence-electron chi connectivity index (χ1n) is 6.70. The highest BCUT2D eigenvalue weighted by Gasteiger charge is 2.44. The van der Waals surface area contributed by atoms with E-state index in [1.54, 1.807) is 0 Å². The lowest BCUT2D eigenvalue weighted by Crippen LogP contribution is -2.55. The number of nitrogens with two attached hydrogens (primary N) is 1. The molecule has 1 amide bonds. The highest BCUT2D eigenvalue weighted by Crippen LogP contribution is 2.38. The molecule has 0 heterocycles. The van der Waals surface area contributed by atoms with Gasteiger partial charge in [0.2, 0.25) is 5.91 Å². The summed E-state index contributed by atoms with van der Waals surface area (Å²) in [6.07, 6.45) is 9.62. The van der Waals surface area contributed by atoms with Crippen LogP contribution in [0.4, 0.5) is 0 Å². The molecule has 0 bridgehead atoms. The molecule has 2 aliphatic rings. The summed E-state index contributed by atoms with van der Waals surface area (Å²) in [5.74, 6) is 0.486. The number of carbonyl (C=O) groups excluding carboxylic acids is 1. The number of hydrogen-bond donors (Lipinski definition) is 2. The van der Waals surface area contributed by atoms with Gasteiger partial charge in [0, 0.05) is 6.04 Å². The molecule has 3 nitrogen and oxygen atoms in total. The minimum Gasteiger partial charge on any atom is -0.352 e. The van der Waals surface area contributed by atoms with Crippen molar-refractivity contribution in [2.24, 2.45) is 11.7 Å². The van der Waals surface area contributed by atoms with Crippen molar-refractivity contribution in [2.45, 2.75) is 69.9 Å². The van der Waals surface area contributed by atoms with Crippen LogP contribution in [0.3, 0.4) is 0 Å². The van der Waals surface area contributed by atoms with Gasteiger partial charge in [0.15, 0.2) is 0 Å². The second-order valence-electron chi connectivity index (χ2n) is 5.72. The second-order valence-corrected chi connectivity index (χ2v) is 5.72. The van der Waals surface area contributed by atoms with Crippen molar-refractivity contribution in [3.05, 3.63) is 0 Å². The van der Waals surface area contributed by atoms with Crippen LogP contribution in [0.1, 0.15) is 58.3 Å². The van der Waals surface area contributed by atoms with Crippen molar-refractivity contribution in [2.75, 3.05) is 0 Å². The van der Waals surface area contributed by atoms with Crippen molar-refractivity contribution >= 4 is 5.91 Å². The number of carbonyl (C=O) groups is 1. The molecule has 2 saturated carbocycles. The van der Waals surface area contributed by atoms with E-state index < -0.39 is 5.54 Å². The van der Waals surface area contributed by atoms with Gasteiger partial charge in [0.1, 0.15) is 0 Å². The smallest absolute Gasteiger partial charge is 0.240 e. The Labute approximate surface area is 98.2 Å². The molecule has 0 aromatic heterocycles. The molecule has 0 aromatic carbocycles. The third-order valence-corrected chi connectivity index (χ3v) is 4.11. The predicted molar refractivity (Wildman–Crippen MR) is 64.9 cm³/mol. The first kappa shape index (κ1) is 11.9. The van der Waals surface area contributed by atoms with Crippen molar-refractivity contribution < 1.29 is 4.79 Å². The third-order valence-electron chi connectivity index (χ3n) is 4.11. The Morgan fingerprint density at radius 1 is 1.12 bits per heavy atom. The topological polar surface area (TPSA) is 55.1 Å². The molecule has 92 valence electrons. The molecule has 2 aliphatic carbocycles. The van der Waals surface area contributed by atoms with E-state index in [0.717, 1.165) is 25.7 Å². The Kier molecular flexibility index (Phi) is 3.53. The van der Waals surface area contributed by atoms with Crippen LogP contribution >= 0.6 is 0 Å². The van der Waals surface area contributed by atoms with Crippen LogP contribution in [0.15, 0.2) is 0 Å². The van der Waals surface area contributed by atoms with Crippen molar-refractivity contribution in [1.29, 1.82) is 0 Å². The molecule has 3 heteroatoms. The predicted octanol–water partition coefficient (Wildman–Crippen LogP) is 1.95. The third kappa shape index (κ3) is 2.76. The maximum absolute atomic E-state index is 12.1. The number of amides is 1. The Morgan fingerprint density at radius 3 is 2.19 bits per heavy atom. The van der Waals surface area contributed by atoms with Gasteiger partial charge < -0.3 is 11.1 Å². The van der Waals surface area contributed by atoms with Gasteiger partial charge in [-0.15, -0.1) is 0 Å². The summed E-state index contributed by atoms with van der Waals surface area (Å²) in [7, 11) is 0. The monoisotopic (exact) mass is 224 g/mol. The Morgan fingerprint density at radius 2 is 1.69 bits per heavy atom. The van der Waals surface area contributed by atoms with Gasteiger partial charge in [-0.05, 0) is 38.5 Å². The standard InChI is InChI=1S/C13H24N2O/c1-13(14,10-8-9-10)12(16)15-11-6-4-2-3-5-7-11/h10-11H,2-9,14H2,1H3,(H,15,16). The van der Waals surface area contributed by atoms with Gasteiger partial charge >= 0.3 is 0 Å². The summed E-state index contributed by atoms with van der Waals surface area (Å²) < 4.78 is 0. The summed E-state index contributed by atoms with van der Waals surface area (Å²) in [4.78, 5) is 12.1. The van der Waals surface area contributed by atoms with E-state index in [1.807, 2.05) is 6.92 Å². The Balaban J connectivity index is 1.85. The lowest BCUT2D eigenvalue weighted by molar-refractivity contribution is -0.127. The fourth-order valence-electron chi connectivity index (χ4n) is 2.63. The van der Waals surface area contributed by atoms with Crippen LogP contribution in [0, 0.1) is 5.92 Å². The zero-order chi connectivity index (χ0) is 11.6. The minimum absolute atomic E-state index is 0.0712. The first-order chi connectivity index (χ1) is 7.60. The van der Waals surface area contributed by atoms with Gasteiger partial charge in [-0.3, -0.25) is 4.79 Å². The lowest BCUT2D eigenvalue weighted by atomic mass is 9.95. The Hall–Kier alpha value is -0.570. The number of nitrogens with one attached hydrogen (secondary N) is 1. The van der Waals surface area contributed by atoms with Gasteiger partial charge in [-0.1, -0.05) is 25.7 Å².